The van der Waals surface area contributed by atoms with Crippen LogP contribution in [0.1, 0.15) is 38.5 Å². The molecule has 96 valence electrons. The van der Waals surface area contributed by atoms with E-state index >= 15 is 0 Å². The first kappa shape index (κ1) is 13.1. The molecule has 1 aromatic heterocycles. The van der Waals surface area contributed by atoms with Crippen LogP contribution >= 0.6 is 15.9 Å². The lowest BCUT2D eigenvalue weighted by Crippen LogP contribution is -2.47. The van der Waals surface area contributed by atoms with Gasteiger partial charge in [0.25, 0.3) is 0 Å². The van der Waals surface area contributed by atoms with E-state index in [9.17, 15) is 0 Å². The Kier molecular flexibility index (Phi) is 4.28. The fourth-order valence-corrected chi connectivity index (χ4v) is 3.08. The molecule has 1 fully saturated rings. The molecule has 1 aromatic rings. The molecule has 2 heterocycles. The van der Waals surface area contributed by atoms with Crippen molar-refractivity contribution in [2.45, 2.75) is 38.8 Å². The summed E-state index contributed by atoms with van der Waals surface area (Å²) in [4.78, 5) is 2.46. The molecule has 0 aliphatic carbocycles. The van der Waals surface area contributed by atoms with Gasteiger partial charge in [-0.2, -0.15) is 0 Å². The molecule has 2 unspecified atom stereocenters. The molecule has 0 spiro atoms. The average molecular weight is 301 g/mol. The lowest BCUT2D eigenvalue weighted by molar-refractivity contribution is 0.0971. The van der Waals surface area contributed by atoms with Crippen molar-refractivity contribution >= 4 is 15.9 Å². The first-order valence-corrected chi connectivity index (χ1v) is 7.11. The van der Waals surface area contributed by atoms with Gasteiger partial charge in [-0.15, -0.1) is 0 Å². The highest BCUT2D eigenvalue weighted by atomic mass is 79.9. The van der Waals surface area contributed by atoms with Crippen molar-refractivity contribution in [1.82, 2.24) is 4.90 Å². The van der Waals surface area contributed by atoms with Gasteiger partial charge in [0, 0.05) is 12.6 Å². The van der Waals surface area contributed by atoms with Crippen LogP contribution in [0.15, 0.2) is 21.2 Å². The highest BCUT2D eigenvalue weighted by molar-refractivity contribution is 9.10. The third-order valence-corrected chi connectivity index (χ3v) is 3.95. The van der Waals surface area contributed by atoms with Gasteiger partial charge in [0.1, 0.15) is 5.76 Å². The summed E-state index contributed by atoms with van der Waals surface area (Å²) in [6.45, 7) is 6.68. The Hall–Kier alpha value is -0.320. The molecule has 2 rings (SSSR count). The zero-order chi connectivity index (χ0) is 12.4. The minimum Gasteiger partial charge on any atom is -0.466 e. The van der Waals surface area contributed by atoms with Crippen molar-refractivity contribution in [2.24, 2.45) is 11.7 Å². The molecule has 1 saturated heterocycles. The highest BCUT2D eigenvalue weighted by Crippen LogP contribution is 2.35. The fraction of sp³-hybridized carbons (Fsp3) is 0.692. The Bertz CT molecular complexity index is 364. The normalized spacial score (nSPS) is 26.6. The second-order valence-electron chi connectivity index (χ2n) is 5.27. The summed E-state index contributed by atoms with van der Waals surface area (Å²) >= 11 is 3.55. The van der Waals surface area contributed by atoms with E-state index in [0.717, 1.165) is 29.7 Å². The first-order valence-electron chi connectivity index (χ1n) is 6.32. The molecule has 2 N–H and O–H groups in total. The minimum absolute atomic E-state index is 0.171. The maximum absolute atomic E-state index is 6.28. The quantitative estimate of drug-likeness (QED) is 0.932. The van der Waals surface area contributed by atoms with Gasteiger partial charge >= 0.3 is 0 Å². The molecule has 0 radical (unpaired) electrons. The van der Waals surface area contributed by atoms with E-state index in [2.05, 4.69) is 34.7 Å². The van der Waals surface area contributed by atoms with Crippen LogP contribution in [-0.4, -0.2) is 24.0 Å². The molecule has 2 atom stereocenters. The predicted octanol–water partition coefficient (Wildman–Crippen LogP) is 3.16. The fourth-order valence-electron chi connectivity index (χ4n) is 2.65. The van der Waals surface area contributed by atoms with E-state index in [1.54, 1.807) is 6.26 Å². The largest absolute Gasteiger partial charge is 0.466 e. The summed E-state index contributed by atoms with van der Waals surface area (Å²) in [7, 11) is 0. The van der Waals surface area contributed by atoms with Crippen LogP contribution in [0.3, 0.4) is 0 Å². The number of nitrogens with two attached hydrogens (primary N) is 1. The third kappa shape index (κ3) is 2.92. The summed E-state index contributed by atoms with van der Waals surface area (Å²) < 4.78 is 6.65. The number of piperidine rings is 1. The zero-order valence-electron chi connectivity index (χ0n) is 10.5. The summed E-state index contributed by atoms with van der Waals surface area (Å²) in [5, 5.41) is 0. The number of hydrogen-bond acceptors (Lipinski definition) is 3. The SMILES string of the molecule is CC(C)CN1CCCC(N)C1c1occc1Br. The van der Waals surface area contributed by atoms with Crippen LogP contribution in [0.5, 0.6) is 0 Å². The molecule has 0 amide bonds. The molecule has 0 bridgehead atoms. The monoisotopic (exact) mass is 300 g/mol. The van der Waals surface area contributed by atoms with Gasteiger partial charge in [0.05, 0.1) is 16.8 Å². The lowest BCUT2D eigenvalue weighted by Gasteiger charge is -2.39. The van der Waals surface area contributed by atoms with Gasteiger partial charge < -0.3 is 10.2 Å². The molecule has 0 aromatic carbocycles. The summed E-state index contributed by atoms with van der Waals surface area (Å²) in [6, 6.07) is 2.34. The molecular weight excluding hydrogens is 280 g/mol. The van der Waals surface area contributed by atoms with Crippen molar-refractivity contribution in [3.05, 3.63) is 22.6 Å². The van der Waals surface area contributed by atoms with Crippen molar-refractivity contribution < 1.29 is 4.42 Å². The number of likely N-dealkylation sites (tertiary alicyclic amines) is 1. The van der Waals surface area contributed by atoms with Gasteiger partial charge in [-0.25, -0.2) is 0 Å². The molecule has 17 heavy (non-hydrogen) atoms. The standard InChI is InChI=1S/C13H21BrN2O/c1-9(2)8-16-6-3-4-11(15)12(16)13-10(14)5-7-17-13/h5,7,9,11-12H,3-4,6,8,15H2,1-2H3. The number of nitrogens with zero attached hydrogens (tertiary/aromatic N) is 1. The number of furan rings is 1. The van der Waals surface area contributed by atoms with Gasteiger partial charge in [0.15, 0.2) is 0 Å². The molecule has 1 aliphatic rings. The van der Waals surface area contributed by atoms with Crippen molar-refractivity contribution in [3.8, 4) is 0 Å². The van der Waals surface area contributed by atoms with E-state index in [4.69, 9.17) is 10.2 Å². The van der Waals surface area contributed by atoms with Crippen LogP contribution < -0.4 is 5.73 Å². The first-order chi connectivity index (χ1) is 8.09. The van der Waals surface area contributed by atoms with Crippen LogP contribution in [0, 0.1) is 5.92 Å². The highest BCUT2D eigenvalue weighted by Gasteiger charge is 2.33. The summed E-state index contributed by atoms with van der Waals surface area (Å²) in [5.41, 5.74) is 6.28. The van der Waals surface area contributed by atoms with Crippen molar-refractivity contribution in [2.75, 3.05) is 13.1 Å². The smallest absolute Gasteiger partial charge is 0.136 e. The van der Waals surface area contributed by atoms with Gasteiger partial charge in [-0.3, -0.25) is 4.90 Å². The molecular formula is C13H21BrN2O. The Morgan fingerprint density at radius 2 is 2.35 bits per heavy atom. The van der Waals surface area contributed by atoms with E-state index in [1.807, 2.05) is 6.07 Å². The van der Waals surface area contributed by atoms with E-state index < -0.39 is 0 Å². The van der Waals surface area contributed by atoms with Crippen molar-refractivity contribution in [3.63, 3.8) is 0 Å². The van der Waals surface area contributed by atoms with Gasteiger partial charge in [0.2, 0.25) is 0 Å². The maximum atomic E-state index is 6.28. The molecule has 4 heteroatoms. The Morgan fingerprint density at radius 1 is 1.59 bits per heavy atom. The zero-order valence-corrected chi connectivity index (χ0v) is 12.1. The number of rotatable bonds is 3. The minimum atomic E-state index is 0.171. The predicted molar refractivity (Wildman–Crippen MR) is 72.8 cm³/mol. The second kappa shape index (κ2) is 5.55. The number of halogens is 1. The molecule has 1 aliphatic heterocycles. The Balaban J connectivity index is 2.22. The van der Waals surface area contributed by atoms with E-state index in [1.165, 1.54) is 6.42 Å². The molecule has 3 nitrogen and oxygen atoms in total. The van der Waals surface area contributed by atoms with E-state index in [0.29, 0.717) is 5.92 Å². The van der Waals surface area contributed by atoms with Gasteiger partial charge in [-0.05, 0) is 47.3 Å². The average Bonchev–Trinajstić information content (AvgIpc) is 2.64. The Morgan fingerprint density at radius 3 is 2.94 bits per heavy atom. The van der Waals surface area contributed by atoms with Crippen LogP contribution in [-0.2, 0) is 0 Å². The van der Waals surface area contributed by atoms with Crippen LogP contribution in [0.25, 0.3) is 0 Å². The summed E-state index contributed by atoms with van der Waals surface area (Å²) in [5.74, 6) is 1.63. The lowest BCUT2D eigenvalue weighted by atomic mass is 9.94. The molecule has 0 saturated carbocycles. The summed E-state index contributed by atoms with van der Waals surface area (Å²) in [6.07, 6.45) is 3.99. The number of hydrogen-bond donors (Lipinski definition) is 1. The Labute approximate surface area is 111 Å². The van der Waals surface area contributed by atoms with Crippen LogP contribution in [0.4, 0.5) is 0 Å². The van der Waals surface area contributed by atoms with Crippen molar-refractivity contribution in [1.29, 1.82) is 0 Å². The topological polar surface area (TPSA) is 42.4 Å². The van der Waals surface area contributed by atoms with Gasteiger partial charge in [-0.1, -0.05) is 13.8 Å². The second-order valence-corrected chi connectivity index (χ2v) is 6.13. The third-order valence-electron chi connectivity index (χ3n) is 3.29. The van der Waals surface area contributed by atoms with Crippen LogP contribution in [0.2, 0.25) is 0 Å². The van der Waals surface area contributed by atoms with E-state index in [-0.39, 0.29) is 12.1 Å². The maximum Gasteiger partial charge on any atom is 0.136 e.